The fourth-order valence-corrected chi connectivity index (χ4v) is 2.88. The maximum atomic E-state index is 12.0. The Kier molecular flexibility index (Phi) is 3.13. The van der Waals surface area contributed by atoms with Crippen molar-refractivity contribution < 1.29 is 9.59 Å². The van der Waals surface area contributed by atoms with Gasteiger partial charge in [0.05, 0.1) is 17.5 Å². The van der Waals surface area contributed by atoms with E-state index in [0.29, 0.717) is 13.0 Å². The normalized spacial score (nSPS) is 24.0. The van der Waals surface area contributed by atoms with Crippen LogP contribution < -0.4 is 5.32 Å². The Bertz CT molecular complexity index is 456. The van der Waals surface area contributed by atoms with Crippen molar-refractivity contribution in [2.45, 2.75) is 37.8 Å². The zero-order valence-corrected chi connectivity index (χ0v) is 10.8. The summed E-state index contributed by atoms with van der Waals surface area (Å²) in [5.41, 5.74) is 0. The van der Waals surface area contributed by atoms with Crippen molar-refractivity contribution >= 4 is 23.2 Å². The van der Waals surface area contributed by atoms with Gasteiger partial charge in [-0.25, -0.2) is 4.98 Å². The second-order valence-corrected chi connectivity index (χ2v) is 5.70. The van der Waals surface area contributed by atoms with Crippen LogP contribution >= 0.6 is 11.3 Å². The molecule has 0 radical (unpaired) electrons. The molecule has 1 saturated carbocycles. The van der Waals surface area contributed by atoms with Crippen LogP contribution in [0.4, 0.5) is 0 Å². The van der Waals surface area contributed by atoms with Gasteiger partial charge >= 0.3 is 0 Å². The number of nitrogens with zero attached hydrogens (tertiary/aromatic N) is 2. The fourth-order valence-electron chi connectivity index (χ4n) is 2.26. The summed E-state index contributed by atoms with van der Waals surface area (Å²) in [5, 5.41) is 6.16. The molecule has 1 N–H and O–H groups in total. The van der Waals surface area contributed by atoms with Crippen molar-refractivity contribution in [2.24, 2.45) is 0 Å². The van der Waals surface area contributed by atoms with Gasteiger partial charge in [0.1, 0.15) is 0 Å². The number of hydrogen-bond acceptors (Lipinski definition) is 5. The highest BCUT2D eigenvalue weighted by molar-refractivity contribution is 7.09. The largest absolute Gasteiger partial charge is 0.305 e. The minimum Gasteiger partial charge on any atom is -0.305 e. The number of carbonyl (C=O) groups excluding carboxylic acids is 2. The van der Waals surface area contributed by atoms with E-state index in [9.17, 15) is 9.59 Å². The number of hydrogen-bond donors (Lipinski definition) is 1. The van der Waals surface area contributed by atoms with Crippen LogP contribution in [0.3, 0.4) is 0 Å². The number of carbonyl (C=O) groups is 2. The smallest absolute Gasteiger partial charge is 0.247 e. The lowest BCUT2D eigenvalue weighted by Gasteiger charge is -2.14. The van der Waals surface area contributed by atoms with Gasteiger partial charge in [0.2, 0.25) is 11.8 Å². The summed E-state index contributed by atoms with van der Waals surface area (Å²) in [6, 6.07) is -0.131. The second-order valence-electron chi connectivity index (χ2n) is 4.72. The third-order valence-corrected chi connectivity index (χ3v) is 4.15. The van der Waals surface area contributed by atoms with Gasteiger partial charge in [-0.1, -0.05) is 0 Å². The fraction of sp³-hybridized carbons (Fsp3) is 0.583. The lowest BCUT2D eigenvalue weighted by Crippen LogP contribution is -2.40. The molecule has 0 bridgehead atoms. The average Bonchev–Trinajstić information content (AvgIpc) is 2.95. The molecule has 2 aliphatic rings. The van der Waals surface area contributed by atoms with Crippen molar-refractivity contribution in [1.29, 1.82) is 0 Å². The Balaban J connectivity index is 1.51. The number of amides is 2. The first-order chi connectivity index (χ1) is 8.75. The first kappa shape index (κ1) is 11.8. The van der Waals surface area contributed by atoms with Gasteiger partial charge in [0.15, 0.2) is 0 Å². The number of thiazole rings is 1. The molecular weight excluding hydrogens is 250 g/mol. The maximum absolute atomic E-state index is 12.0. The van der Waals surface area contributed by atoms with E-state index < -0.39 is 0 Å². The minimum absolute atomic E-state index is 0.0192. The lowest BCUT2D eigenvalue weighted by atomic mass is 10.2. The molecule has 2 fully saturated rings. The van der Waals surface area contributed by atoms with Gasteiger partial charge in [-0.3, -0.25) is 14.5 Å². The molecule has 5 nitrogen and oxygen atoms in total. The third kappa shape index (κ3) is 2.30. The van der Waals surface area contributed by atoms with Gasteiger partial charge in [-0.05, 0) is 12.8 Å². The Labute approximate surface area is 109 Å². The van der Waals surface area contributed by atoms with Crippen LogP contribution in [0.25, 0.3) is 0 Å². The van der Waals surface area contributed by atoms with Crippen LogP contribution in [-0.2, 0) is 16.0 Å². The van der Waals surface area contributed by atoms with E-state index in [1.54, 1.807) is 17.5 Å². The SMILES string of the molecule is O=C1CC(NCCc2nccs2)C(=O)N1C1CC1. The first-order valence-corrected chi connectivity index (χ1v) is 7.11. The third-order valence-electron chi connectivity index (χ3n) is 3.31. The summed E-state index contributed by atoms with van der Waals surface area (Å²) in [4.78, 5) is 29.4. The summed E-state index contributed by atoms with van der Waals surface area (Å²) >= 11 is 1.61. The van der Waals surface area contributed by atoms with E-state index in [-0.39, 0.29) is 23.9 Å². The molecule has 1 unspecified atom stereocenters. The first-order valence-electron chi connectivity index (χ1n) is 6.23. The molecule has 18 heavy (non-hydrogen) atoms. The Morgan fingerprint density at radius 1 is 1.44 bits per heavy atom. The van der Waals surface area contributed by atoms with Gasteiger partial charge < -0.3 is 5.32 Å². The molecule has 1 atom stereocenters. The highest BCUT2D eigenvalue weighted by Crippen LogP contribution is 2.31. The number of likely N-dealkylation sites (tertiary alicyclic amines) is 1. The van der Waals surface area contributed by atoms with E-state index in [4.69, 9.17) is 0 Å². The standard InChI is InChI=1S/C12H15N3O2S/c16-11-7-9(12(17)15(11)8-1-2-8)13-4-3-10-14-5-6-18-10/h5-6,8-9,13H,1-4,7H2. The van der Waals surface area contributed by atoms with E-state index in [2.05, 4.69) is 10.3 Å². The molecule has 0 aromatic carbocycles. The lowest BCUT2D eigenvalue weighted by molar-refractivity contribution is -0.139. The monoisotopic (exact) mass is 265 g/mol. The van der Waals surface area contributed by atoms with Crippen molar-refractivity contribution in [2.75, 3.05) is 6.54 Å². The average molecular weight is 265 g/mol. The van der Waals surface area contributed by atoms with Gasteiger partial charge in [-0.2, -0.15) is 0 Å². The molecule has 1 aromatic heterocycles. The second kappa shape index (κ2) is 4.78. The summed E-state index contributed by atoms with van der Waals surface area (Å²) in [7, 11) is 0. The molecule has 6 heteroatoms. The topological polar surface area (TPSA) is 62.3 Å². The molecule has 1 aliphatic carbocycles. The molecule has 0 spiro atoms. The quantitative estimate of drug-likeness (QED) is 0.790. The Morgan fingerprint density at radius 2 is 2.28 bits per heavy atom. The van der Waals surface area contributed by atoms with Crippen LogP contribution in [0.5, 0.6) is 0 Å². The summed E-state index contributed by atoms with van der Waals surface area (Å²) in [5.74, 6) is -0.0594. The van der Waals surface area contributed by atoms with Crippen molar-refractivity contribution in [3.63, 3.8) is 0 Å². The highest BCUT2D eigenvalue weighted by atomic mass is 32.1. The van der Waals surface area contributed by atoms with E-state index in [1.165, 1.54) is 4.90 Å². The Morgan fingerprint density at radius 3 is 2.94 bits per heavy atom. The highest BCUT2D eigenvalue weighted by Gasteiger charge is 2.45. The molecular formula is C12H15N3O2S. The van der Waals surface area contributed by atoms with Crippen LogP contribution in [-0.4, -0.2) is 40.3 Å². The summed E-state index contributed by atoms with van der Waals surface area (Å²) < 4.78 is 0. The zero-order chi connectivity index (χ0) is 12.5. The number of nitrogens with one attached hydrogen (secondary N) is 1. The molecule has 3 rings (SSSR count). The number of rotatable bonds is 5. The minimum atomic E-state index is -0.321. The van der Waals surface area contributed by atoms with Crippen molar-refractivity contribution in [3.05, 3.63) is 16.6 Å². The van der Waals surface area contributed by atoms with Crippen LogP contribution in [0.1, 0.15) is 24.3 Å². The van der Waals surface area contributed by atoms with E-state index >= 15 is 0 Å². The van der Waals surface area contributed by atoms with Crippen LogP contribution in [0.2, 0.25) is 0 Å². The predicted molar refractivity (Wildman–Crippen MR) is 67.1 cm³/mol. The number of aromatic nitrogens is 1. The summed E-state index contributed by atoms with van der Waals surface area (Å²) in [6.45, 7) is 0.690. The molecule has 1 aliphatic heterocycles. The predicted octanol–water partition coefficient (Wildman–Crippen LogP) is 0.565. The zero-order valence-electron chi connectivity index (χ0n) is 9.96. The van der Waals surface area contributed by atoms with Crippen LogP contribution in [0, 0.1) is 0 Å². The Hall–Kier alpha value is -1.27. The van der Waals surface area contributed by atoms with Gasteiger partial charge in [0.25, 0.3) is 0 Å². The summed E-state index contributed by atoms with van der Waals surface area (Å²) in [6.07, 6.45) is 4.85. The van der Waals surface area contributed by atoms with Crippen molar-refractivity contribution in [3.8, 4) is 0 Å². The molecule has 1 saturated heterocycles. The molecule has 96 valence electrons. The van der Waals surface area contributed by atoms with Gasteiger partial charge in [0, 0.05) is 30.6 Å². The van der Waals surface area contributed by atoms with E-state index in [0.717, 1.165) is 24.3 Å². The van der Waals surface area contributed by atoms with E-state index in [1.807, 2.05) is 5.38 Å². The molecule has 2 heterocycles. The molecule has 1 aromatic rings. The van der Waals surface area contributed by atoms with Crippen molar-refractivity contribution in [1.82, 2.24) is 15.2 Å². The molecule has 2 amide bonds. The maximum Gasteiger partial charge on any atom is 0.247 e. The van der Waals surface area contributed by atoms with Gasteiger partial charge in [-0.15, -0.1) is 11.3 Å². The van der Waals surface area contributed by atoms with Crippen LogP contribution in [0.15, 0.2) is 11.6 Å². The number of imide groups is 1.